The predicted molar refractivity (Wildman–Crippen MR) is 65.2 cm³/mol. The van der Waals surface area contributed by atoms with E-state index >= 15 is 0 Å². The molecule has 1 aromatic heterocycles. The topological polar surface area (TPSA) is 33.1 Å². The lowest BCUT2D eigenvalue weighted by Crippen LogP contribution is -2.28. The fourth-order valence-electron chi connectivity index (χ4n) is 2.83. The van der Waals surface area contributed by atoms with Crippen LogP contribution in [0.25, 0.3) is 0 Å². The molecule has 4 heteroatoms. The van der Waals surface area contributed by atoms with Crippen molar-refractivity contribution in [2.45, 2.75) is 19.4 Å². The Bertz CT molecular complexity index is 334. The van der Waals surface area contributed by atoms with Crippen LogP contribution in [-0.2, 0) is 7.05 Å². The van der Waals surface area contributed by atoms with Gasteiger partial charge in [-0.3, -0.25) is 9.58 Å². The minimum atomic E-state index is 0.547. The van der Waals surface area contributed by atoms with Crippen LogP contribution < -0.4 is 5.32 Å². The molecule has 1 N–H and O–H groups in total. The first-order chi connectivity index (χ1) is 7.76. The molecule has 0 bridgehead atoms. The van der Waals surface area contributed by atoms with Gasteiger partial charge in [0.15, 0.2) is 0 Å². The Kier molecular flexibility index (Phi) is 3.61. The Labute approximate surface area is 97.6 Å². The zero-order valence-electron chi connectivity index (χ0n) is 10.5. The molecule has 0 spiro atoms. The van der Waals surface area contributed by atoms with E-state index < -0.39 is 0 Å². The second-order valence-electron chi connectivity index (χ2n) is 4.63. The van der Waals surface area contributed by atoms with E-state index in [0.29, 0.717) is 12.0 Å². The minimum Gasteiger partial charge on any atom is -0.319 e. The highest BCUT2D eigenvalue weighted by Crippen LogP contribution is 2.36. The molecule has 2 unspecified atom stereocenters. The van der Waals surface area contributed by atoms with Crippen molar-refractivity contribution in [3.05, 3.63) is 18.0 Å². The van der Waals surface area contributed by atoms with Crippen LogP contribution in [0.15, 0.2) is 12.4 Å². The van der Waals surface area contributed by atoms with Crippen LogP contribution in [0, 0.1) is 5.92 Å². The summed E-state index contributed by atoms with van der Waals surface area (Å²) in [4.78, 5) is 2.55. The summed E-state index contributed by atoms with van der Waals surface area (Å²) in [5.41, 5.74) is 1.36. The van der Waals surface area contributed by atoms with Crippen LogP contribution in [0.2, 0.25) is 0 Å². The first-order valence-corrected chi connectivity index (χ1v) is 6.13. The Morgan fingerprint density at radius 2 is 2.38 bits per heavy atom. The van der Waals surface area contributed by atoms with Crippen molar-refractivity contribution in [3.63, 3.8) is 0 Å². The molecule has 2 atom stereocenters. The van der Waals surface area contributed by atoms with Gasteiger partial charge in [0, 0.05) is 24.8 Å². The average molecular weight is 222 g/mol. The fraction of sp³-hybridized carbons (Fsp3) is 0.750. The number of rotatable bonds is 4. The van der Waals surface area contributed by atoms with Crippen LogP contribution in [0.1, 0.15) is 24.9 Å². The van der Waals surface area contributed by atoms with Crippen LogP contribution in [-0.4, -0.2) is 41.4 Å². The molecular weight excluding hydrogens is 200 g/mol. The van der Waals surface area contributed by atoms with E-state index in [-0.39, 0.29) is 0 Å². The van der Waals surface area contributed by atoms with Gasteiger partial charge in [-0.2, -0.15) is 5.10 Å². The highest BCUT2D eigenvalue weighted by atomic mass is 15.3. The van der Waals surface area contributed by atoms with E-state index in [2.05, 4.69) is 28.4 Å². The molecule has 1 saturated heterocycles. The molecule has 2 rings (SSSR count). The van der Waals surface area contributed by atoms with Crippen LogP contribution >= 0.6 is 0 Å². The Morgan fingerprint density at radius 3 is 2.94 bits per heavy atom. The Balaban J connectivity index is 2.18. The predicted octanol–water partition coefficient (Wildman–Crippen LogP) is 1.02. The van der Waals surface area contributed by atoms with Gasteiger partial charge in [-0.15, -0.1) is 0 Å². The van der Waals surface area contributed by atoms with Gasteiger partial charge in [-0.05, 0) is 39.0 Å². The Hall–Kier alpha value is -0.870. The molecule has 1 aromatic rings. The third-order valence-corrected chi connectivity index (χ3v) is 3.57. The monoisotopic (exact) mass is 222 g/mol. The lowest BCUT2D eigenvalue weighted by molar-refractivity contribution is 0.238. The number of aromatic nitrogens is 2. The summed E-state index contributed by atoms with van der Waals surface area (Å²) >= 11 is 0. The van der Waals surface area contributed by atoms with Gasteiger partial charge in [-0.1, -0.05) is 6.92 Å². The molecule has 0 aliphatic carbocycles. The first-order valence-electron chi connectivity index (χ1n) is 6.13. The molecule has 1 aliphatic heterocycles. The number of aryl methyl sites for hydroxylation is 1. The standard InChI is InChI=1S/C12H22N4/c1-4-16-6-5-10(7-13-2)12(16)11-8-14-15(3)9-11/h8-10,12-13H,4-7H2,1-3H3. The van der Waals surface area contributed by atoms with Crippen molar-refractivity contribution < 1.29 is 0 Å². The maximum atomic E-state index is 4.29. The minimum absolute atomic E-state index is 0.547. The van der Waals surface area contributed by atoms with Crippen molar-refractivity contribution >= 4 is 0 Å². The van der Waals surface area contributed by atoms with E-state index in [1.54, 1.807) is 0 Å². The number of likely N-dealkylation sites (tertiary alicyclic amines) is 1. The van der Waals surface area contributed by atoms with Gasteiger partial charge in [0.1, 0.15) is 0 Å². The third-order valence-electron chi connectivity index (χ3n) is 3.57. The van der Waals surface area contributed by atoms with E-state index in [4.69, 9.17) is 0 Å². The van der Waals surface area contributed by atoms with Crippen LogP contribution in [0.4, 0.5) is 0 Å². The zero-order valence-corrected chi connectivity index (χ0v) is 10.5. The molecule has 2 heterocycles. The third kappa shape index (κ3) is 2.13. The molecule has 1 aliphatic rings. The summed E-state index contributed by atoms with van der Waals surface area (Å²) < 4.78 is 1.90. The number of hydrogen-bond donors (Lipinski definition) is 1. The fourth-order valence-corrected chi connectivity index (χ4v) is 2.83. The molecule has 16 heavy (non-hydrogen) atoms. The van der Waals surface area contributed by atoms with Gasteiger partial charge < -0.3 is 5.32 Å². The van der Waals surface area contributed by atoms with Crippen LogP contribution in [0.3, 0.4) is 0 Å². The summed E-state index contributed by atoms with van der Waals surface area (Å²) in [6, 6.07) is 0.547. The van der Waals surface area contributed by atoms with Gasteiger partial charge in [0.2, 0.25) is 0 Å². The summed E-state index contributed by atoms with van der Waals surface area (Å²) in [6.07, 6.45) is 5.46. The van der Waals surface area contributed by atoms with Gasteiger partial charge in [0.05, 0.1) is 6.20 Å². The maximum Gasteiger partial charge on any atom is 0.0537 e. The summed E-state index contributed by atoms with van der Waals surface area (Å²) in [5, 5.41) is 7.60. The molecule has 0 amide bonds. The van der Waals surface area contributed by atoms with Crippen molar-refractivity contribution in [1.82, 2.24) is 20.0 Å². The number of nitrogens with one attached hydrogen (secondary N) is 1. The molecule has 90 valence electrons. The maximum absolute atomic E-state index is 4.29. The second kappa shape index (κ2) is 4.97. The van der Waals surface area contributed by atoms with E-state index in [9.17, 15) is 0 Å². The highest BCUT2D eigenvalue weighted by molar-refractivity contribution is 5.14. The molecule has 4 nitrogen and oxygen atoms in total. The molecular formula is C12H22N4. The lowest BCUT2D eigenvalue weighted by Gasteiger charge is -2.26. The quantitative estimate of drug-likeness (QED) is 0.826. The molecule has 1 fully saturated rings. The zero-order chi connectivity index (χ0) is 11.5. The SMILES string of the molecule is CCN1CCC(CNC)C1c1cnn(C)c1. The number of nitrogens with zero attached hydrogens (tertiary/aromatic N) is 3. The van der Waals surface area contributed by atoms with Crippen LogP contribution in [0.5, 0.6) is 0 Å². The van der Waals surface area contributed by atoms with E-state index in [1.807, 2.05) is 25.0 Å². The smallest absolute Gasteiger partial charge is 0.0537 e. The molecule has 0 aromatic carbocycles. The van der Waals surface area contributed by atoms with Gasteiger partial charge >= 0.3 is 0 Å². The van der Waals surface area contributed by atoms with Crippen molar-refractivity contribution in [2.24, 2.45) is 13.0 Å². The summed E-state index contributed by atoms with van der Waals surface area (Å²) in [5.74, 6) is 0.717. The largest absolute Gasteiger partial charge is 0.319 e. The van der Waals surface area contributed by atoms with Crippen molar-refractivity contribution in [2.75, 3.05) is 26.7 Å². The first kappa shape index (κ1) is 11.6. The second-order valence-corrected chi connectivity index (χ2v) is 4.63. The lowest BCUT2D eigenvalue weighted by atomic mass is 9.96. The van der Waals surface area contributed by atoms with Gasteiger partial charge in [-0.25, -0.2) is 0 Å². The Morgan fingerprint density at radius 1 is 1.56 bits per heavy atom. The number of hydrogen-bond acceptors (Lipinski definition) is 3. The molecule has 0 radical (unpaired) electrons. The summed E-state index contributed by atoms with van der Waals surface area (Å²) in [7, 11) is 4.02. The van der Waals surface area contributed by atoms with Crippen molar-refractivity contribution in [1.29, 1.82) is 0 Å². The average Bonchev–Trinajstić information content (AvgIpc) is 2.85. The molecule has 0 saturated carbocycles. The normalized spacial score (nSPS) is 26.4. The summed E-state index contributed by atoms with van der Waals surface area (Å²) in [6.45, 7) is 5.67. The van der Waals surface area contributed by atoms with Crippen molar-refractivity contribution in [3.8, 4) is 0 Å². The van der Waals surface area contributed by atoms with E-state index in [0.717, 1.165) is 13.1 Å². The van der Waals surface area contributed by atoms with E-state index in [1.165, 1.54) is 18.5 Å². The highest BCUT2D eigenvalue weighted by Gasteiger charge is 2.34. The van der Waals surface area contributed by atoms with Gasteiger partial charge in [0.25, 0.3) is 0 Å².